The fourth-order valence-electron chi connectivity index (χ4n) is 4.67. The standard InChI is InChI=1S/C23H28F7NO5S/c1-13(20(32)33)12-36-18-10-19-17(9-16(18)22(26,27)28)31(15-5-3-4-6-15)11-14(7-8-21(2,24)25)23(29,30)37(19,34)35/h9-10,13-15H,3-8,11-12H2,1-2H3,(H,32,33)/t13-,14-/m1/s1. The van der Waals surface area contributed by atoms with Crippen molar-refractivity contribution in [3.05, 3.63) is 17.7 Å². The molecule has 14 heteroatoms. The van der Waals surface area contributed by atoms with Crippen molar-refractivity contribution in [1.82, 2.24) is 0 Å². The molecule has 2 aliphatic rings. The number of hydrogen-bond acceptors (Lipinski definition) is 5. The molecule has 1 aliphatic heterocycles. The first-order valence-corrected chi connectivity index (χ1v) is 13.2. The fourth-order valence-corrected chi connectivity index (χ4v) is 6.31. The lowest BCUT2D eigenvalue weighted by Crippen LogP contribution is -2.43. The van der Waals surface area contributed by atoms with Crippen molar-refractivity contribution in [3.8, 4) is 5.75 Å². The first-order chi connectivity index (χ1) is 16.9. The molecule has 210 valence electrons. The quantitative estimate of drug-likeness (QED) is 0.392. The van der Waals surface area contributed by atoms with Crippen molar-refractivity contribution in [2.45, 2.75) is 80.7 Å². The van der Waals surface area contributed by atoms with Gasteiger partial charge in [0.25, 0.3) is 0 Å². The number of nitrogens with zero attached hydrogens (tertiary/aromatic N) is 1. The summed E-state index contributed by atoms with van der Waals surface area (Å²) in [5.74, 6) is -9.26. The number of ether oxygens (including phenoxy) is 1. The number of rotatable bonds is 8. The summed E-state index contributed by atoms with van der Waals surface area (Å²) < 4.78 is 131. The minimum Gasteiger partial charge on any atom is -0.492 e. The highest BCUT2D eigenvalue weighted by atomic mass is 32.2. The second-order valence-electron chi connectivity index (χ2n) is 9.83. The average molecular weight is 564 g/mol. The third kappa shape index (κ3) is 6.09. The monoisotopic (exact) mass is 563 g/mol. The van der Waals surface area contributed by atoms with E-state index in [4.69, 9.17) is 9.84 Å². The minimum atomic E-state index is -5.66. The number of carbonyl (C=O) groups is 1. The molecule has 0 saturated heterocycles. The van der Waals surface area contributed by atoms with Gasteiger partial charge in [-0.05, 0) is 39.2 Å². The highest BCUT2D eigenvalue weighted by Crippen LogP contribution is 2.51. The highest BCUT2D eigenvalue weighted by molar-refractivity contribution is 7.92. The molecule has 1 saturated carbocycles. The van der Waals surface area contributed by atoms with E-state index in [2.05, 4.69) is 0 Å². The molecule has 1 aromatic rings. The molecule has 37 heavy (non-hydrogen) atoms. The summed E-state index contributed by atoms with van der Waals surface area (Å²) in [5.41, 5.74) is -2.05. The van der Waals surface area contributed by atoms with Gasteiger partial charge in [0.1, 0.15) is 17.3 Å². The smallest absolute Gasteiger partial charge is 0.420 e. The van der Waals surface area contributed by atoms with Crippen LogP contribution in [0.1, 0.15) is 57.9 Å². The molecular weight excluding hydrogens is 535 g/mol. The Balaban J connectivity index is 2.22. The van der Waals surface area contributed by atoms with Gasteiger partial charge in [-0.1, -0.05) is 12.8 Å². The van der Waals surface area contributed by atoms with Crippen molar-refractivity contribution in [2.24, 2.45) is 11.8 Å². The van der Waals surface area contributed by atoms with Gasteiger partial charge in [0.15, 0.2) is 0 Å². The molecule has 2 atom stereocenters. The zero-order chi connectivity index (χ0) is 28.0. The van der Waals surface area contributed by atoms with E-state index in [-0.39, 0.29) is 0 Å². The maximum absolute atomic E-state index is 15.5. The molecule has 0 spiro atoms. The molecule has 3 rings (SSSR count). The molecule has 6 nitrogen and oxygen atoms in total. The average Bonchev–Trinajstić information content (AvgIpc) is 3.28. The van der Waals surface area contributed by atoms with Crippen LogP contribution in [0.25, 0.3) is 0 Å². The van der Waals surface area contributed by atoms with Crippen molar-refractivity contribution in [3.63, 3.8) is 0 Å². The van der Waals surface area contributed by atoms with Gasteiger partial charge in [0.2, 0.25) is 15.8 Å². The van der Waals surface area contributed by atoms with Gasteiger partial charge in [-0.15, -0.1) is 0 Å². The van der Waals surface area contributed by atoms with Crippen LogP contribution >= 0.6 is 0 Å². The Kier molecular flexibility index (Phi) is 8.03. The number of carboxylic acid groups (broad SMARTS) is 1. The third-order valence-electron chi connectivity index (χ3n) is 6.82. The van der Waals surface area contributed by atoms with Crippen LogP contribution in [0, 0.1) is 11.8 Å². The lowest BCUT2D eigenvalue weighted by atomic mass is 9.98. The SMILES string of the molecule is C[C@H](COc1cc2c(cc1C(F)(F)F)N(C1CCCC1)C[C@@H](CCC(C)(F)F)C(F)(F)S2(=O)=O)C(=O)O. The molecule has 0 aromatic heterocycles. The lowest BCUT2D eigenvalue weighted by molar-refractivity contribution is -0.142. The van der Waals surface area contributed by atoms with Crippen LogP contribution in [0.2, 0.25) is 0 Å². The number of benzene rings is 1. The van der Waals surface area contributed by atoms with Crippen LogP contribution in [0.3, 0.4) is 0 Å². The molecule has 1 fully saturated rings. The Morgan fingerprint density at radius 2 is 1.78 bits per heavy atom. The predicted octanol–water partition coefficient (Wildman–Crippen LogP) is 5.99. The molecule has 0 bridgehead atoms. The Morgan fingerprint density at radius 3 is 2.30 bits per heavy atom. The van der Waals surface area contributed by atoms with Crippen LogP contribution in [-0.2, 0) is 20.8 Å². The lowest BCUT2D eigenvalue weighted by Gasteiger charge is -2.34. The van der Waals surface area contributed by atoms with E-state index in [1.165, 1.54) is 4.90 Å². The van der Waals surface area contributed by atoms with Gasteiger partial charge >= 0.3 is 17.4 Å². The van der Waals surface area contributed by atoms with E-state index in [0.29, 0.717) is 44.7 Å². The van der Waals surface area contributed by atoms with Gasteiger partial charge in [-0.2, -0.15) is 22.0 Å². The molecular formula is C23H28F7NO5S. The Hall–Kier alpha value is -2.25. The predicted molar refractivity (Wildman–Crippen MR) is 119 cm³/mol. The molecule has 0 unspecified atom stereocenters. The van der Waals surface area contributed by atoms with Gasteiger partial charge in [-0.3, -0.25) is 4.79 Å². The Bertz CT molecular complexity index is 1110. The van der Waals surface area contributed by atoms with E-state index in [9.17, 15) is 35.2 Å². The van der Waals surface area contributed by atoms with Crippen LogP contribution in [0.5, 0.6) is 5.75 Å². The van der Waals surface area contributed by atoms with Crippen molar-refractivity contribution in [1.29, 1.82) is 0 Å². The number of hydrogen-bond donors (Lipinski definition) is 1. The zero-order valence-electron chi connectivity index (χ0n) is 20.1. The highest BCUT2D eigenvalue weighted by Gasteiger charge is 2.57. The van der Waals surface area contributed by atoms with Gasteiger partial charge in [-0.25, -0.2) is 17.2 Å². The Labute approximate surface area is 209 Å². The largest absolute Gasteiger partial charge is 0.492 e. The van der Waals surface area contributed by atoms with E-state index in [1.54, 1.807) is 0 Å². The van der Waals surface area contributed by atoms with E-state index < -0.39 is 98.9 Å². The zero-order valence-corrected chi connectivity index (χ0v) is 20.9. The molecule has 1 aliphatic carbocycles. The summed E-state index contributed by atoms with van der Waals surface area (Å²) in [4.78, 5) is 11.1. The van der Waals surface area contributed by atoms with Crippen molar-refractivity contribution < 1.29 is 53.8 Å². The molecule has 1 N–H and O–H groups in total. The summed E-state index contributed by atoms with van der Waals surface area (Å²) in [6, 6.07) is 0.223. The normalized spacial score (nSPS) is 22.8. The van der Waals surface area contributed by atoms with E-state index in [1.807, 2.05) is 0 Å². The van der Waals surface area contributed by atoms with Gasteiger partial charge in [0.05, 0.1) is 23.1 Å². The third-order valence-corrected chi connectivity index (χ3v) is 8.78. The fraction of sp³-hybridized carbons (Fsp3) is 0.696. The van der Waals surface area contributed by atoms with Crippen molar-refractivity contribution >= 4 is 21.5 Å². The maximum atomic E-state index is 15.5. The number of halogens is 7. The second-order valence-corrected chi connectivity index (χ2v) is 11.8. The summed E-state index contributed by atoms with van der Waals surface area (Å²) in [7, 11) is -5.66. The van der Waals surface area contributed by atoms with Crippen LogP contribution in [0.4, 0.5) is 36.4 Å². The number of alkyl halides is 7. The molecule has 1 heterocycles. The Morgan fingerprint density at radius 1 is 1.19 bits per heavy atom. The molecule has 1 aromatic carbocycles. The van der Waals surface area contributed by atoms with Crippen molar-refractivity contribution in [2.75, 3.05) is 18.1 Å². The minimum absolute atomic E-state index is 0.356. The van der Waals surface area contributed by atoms with Crippen LogP contribution in [0.15, 0.2) is 17.0 Å². The summed E-state index contributed by atoms with van der Waals surface area (Å²) in [6.45, 7) is 0.138. The van der Waals surface area contributed by atoms with Crippen LogP contribution in [-0.4, -0.2) is 49.9 Å². The topological polar surface area (TPSA) is 83.9 Å². The van der Waals surface area contributed by atoms with Gasteiger partial charge in [0, 0.05) is 25.1 Å². The first-order valence-electron chi connectivity index (χ1n) is 11.7. The summed E-state index contributed by atoms with van der Waals surface area (Å²) >= 11 is 0. The van der Waals surface area contributed by atoms with Crippen LogP contribution < -0.4 is 9.64 Å². The maximum Gasteiger partial charge on any atom is 0.420 e. The van der Waals surface area contributed by atoms with Gasteiger partial charge < -0.3 is 14.7 Å². The first kappa shape index (κ1) is 29.3. The molecule has 0 radical (unpaired) electrons. The number of carboxylic acids is 1. The number of anilines is 1. The van der Waals surface area contributed by atoms with E-state index in [0.717, 1.165) is 6.92 Å². The number of sulfone groups is 1. The summed E-state index contributed by atoms with van der Waals surface area (Å²) in [6.07, 6.45) is -4.93. The number of fused-ring (bicyclic) bond motifs is 1. The second kappa shape index (κ2) is 10.1. The summed E-state index contributed by atoms with van der Waals surface area (Å²) in [5, 5.41) is 4.44. The van der Waals surface area contributed by atoms with E-state index >= 15 is 8.78 Å². The molecule has 0 amide bonds. The number of aliphatic carboxylic acids is 1.